The minimum Gasteiger partial charge on any atom is -0.495 e. The fourth-order valence-electron chi connectivity index (χ4n) is 1.88. The van der Waals surface area contributed by atoms with Gasteiger partial charge in [0.1, 0.15) is 11.3 Å². The molecule has 2 aromatic rings. The SMILES string of the molecule is COC(=O)c1cccc(-c2ccc(Cl)cc2)c1OC. The first-order valence-corrected chi connectivity index (χ1v) is 6.06. The van der Waals surface area contributed by atoms with Crippen molar-refractivity contribution in [3.63, 3.8) is 0 Å². The van der Waals surface area contributed by atoms with E-state index in [1.807, 2.05) is 18.2 Å². The molecular formula is C15H13ClO3. The van der Waals surface area contributed by atoms with Gasteiger partial charge in [-0.1, -0.05) is 35.9 Å². The number of para-hydroxylation sites is 1. The Morgan fingerprint density at radius 3 is 2.32 bits per heavy atom. The molecule has 0 radical (unpaired) electrons. The molecule has 0 aliphatic heterocycles. The molecule has 0 N–H and O–H groups in total. The Kier molecular flexibility index (Phi) is 4.07. The number of esters is 1. The molecule has 0 atom stereocenters. The van der Waals surface area contributed by atoms with Gasteiger partial charge in [-0.3, -0.25) is 0 Å². The Bertz CT molecular complexity index is 591. The molecule has 4 heteroatoms. The summed E-state index contributed by atoms with van der Waals surface area (Å²) in [6, 6.07) is 12.7. The number of hydrogen-bond acceptors (Lipinski definition) is 3. The lowest BCUT2D eigenvalue weighted by atomic mass is 10.0. The van der Waals surface area contributed by atoms with E-state index in [9.17, 15) is 4.79 Å². The smallest absolute Gasteiger partial charge is 0.341 e. The molecule has 0 saturated heterocycles. The van der Waals surface area contributed by atoms with Crippen LogP contribution in [0.3, 0.4) is 0 Å². The van der Waals surface area contributed by atoms with E-state index in [4.69, 9.17) is 21.1 Å². The van der Waals surface area contributed by atoms with E-state index in [2.05, 4.69) is 0 Å². The Labute approximate surface area is 116 Å². The zero-order valence-corrected chi connectivity index (χ0v) is 11.4. The van der Waals surface area contributed by atoms with Crippen LogP contribution in [0.2, 0.25) is 5.02 Å². The van der Waals surface area contributed by atoms with Crippen molar-refractivity contribution >= 4 is 17.6 Å². The van der Waals surface area contributed by atoms with Gasteiger partial charge in [0.2, 0.25) is 0 Å². The highest BCUT2D eigenvalue weighted by Crippen LogP contribution is 2.33. The van der Waals surface area contributed by atoms with Gasteiger partial charge in [-0.2, -0.15) is 0 Å². The Morgan fingerprint density at radius 1 is 1.05 bits per heavy atom. The largest absolute Gasteiger partial charge is 0.495 e. The lowest BCUT2D eigenvalue weighted by Gasteiger charge is -2.12. The predicted octanol–water partition coefficient (Wildman–Crippen LogP) is 3.80. The molecule has 0 saturated carbocycles. The number of benzene rings is 2. The first kappa shape index (κ1) is 13.4. The summed E-state index contributed by atoms with van der Waals surface area (Å²) in [4.78, 5) is 11.7. The molecular weight excluding hydrogens is 264 g/mol. The summed E-state index contributed by atoms with van der Waals surface area (Å²) in [6.45, 7) is 0. The molecule has 0 fully saturated rings. The number of methoxy groups -OCH3 is 2. The van der Waals surface area contributed by atoms with Crippen molar-refractivity contribution in [2.24, 2.45) is 0 Å². The third-order valence-corrected chi connectivity index (χ3v) is 3.03. The van der Waals surface area contributed by atoms with Crippen molar-refractivity contribution < 1.29 is 14.3 Å². The molecule has 0 spiro atoms. The molecule has 0 amide bonds. The normalized spacial score (nSPS) is 10.1. The van der Waals surface area contributed by atoms with Crippen LogP contribution in [0.5, 0.6) is 5.75 Å². The van der Waals surface area contributed by atoms with Gasteiger partial charge in [0.15, 0.2) is 0 Å². The molecule has 19 heavy (non-hydrogen) atoms. The lowest BCUT2D eigenvalue weighted by molar-refractivity contribution is 0.0597. The summed E-state index contributed by atoms with van der Waals surface area (Å²) >= 11 is 5.87. The molecule has 98 valence electrons. The van der Waals surface area contributed by atoms with Crippen LogP contribution in [0.15, 0.2) is 42.5 Å². The van der Waals surface area contributed by atoms with Crippen molar-refractivity contribution in [3.05, 3.63) is 53.1 Å². The van der Waals surface area contributed by atoms with E-state index in [-0.39, 0.29) is 0 Å². The second kappa shape index (κ2) is 5.76. The van der Waals surface area contributed by atoms with Crippen LogP contribution in [-0.4, -0.2) is 20.2 Å². The van der Waals surface area contributed by atoms with Gasteiger partial charge < -0.3 is 9.47 Å². The highest BCUT2D eigenvalue weighted by atomic mass is 35.5. The quantitative estimate of drug-likeness (QED) is 0.800. The summed E-state index contributed by atoms with van der Waals surface area (Å²) in [6.07, 6.45) is 0. The van der Waals surface area contributed by atoms with Gasteiger partial charge in [0.25, 0.3) is 0 Å². The Morgan fingerprint density at radius 2 is 1.74 bits per heavy atom. The molecule has 3 nitrogen and oxygen atoms in total. The topological polar surface area (TPSA) is 35.5 Å². The number of carbonyl (C=O) groups is 1. The average Bonchev–Trinajstić information content (AvgIpc) is 2.46. The van der Waals surface area contributed by atoms with Gasteiger partial charge >= 0.3 is 5.97 Å². The third-order valence-electron chi connectivity index (χ3n) is 2.78. The molecule has 0 aliphatic rings. The number of ether oxygens (including phenoxy) is 2. The minimum atomic E-state index is -0.423. The number of rotatable bonds is 3. The maximum absolute atomic E-state index is 11.7. The van der Waals surface area contributed by atoms with Gasteiger partial charge in [0.05, 0.1) is 14.2 Å². The van der Waals surface area contributed by atoms with E-state index < -0.39 is 5.97 Å². The summed E-state index contributed by atoms with van der Waals surface area (Å²) in [5.74, 6) is 0.0735. The monoisotopic (exact) mass is 276 g/mol. The fraction of sp³-hybridized carbons (Fsp3) is 0.133. The van der Waals surface area contributed by atoms with Crippen molar-refractivity contribution in [1.82, 2.24) is 0 Å². The highest BCUT2D eigenvalue weighted by Gasteiger charge is 2.16. The van der Waals surface area contributed by atoms with Gasteiger partial charge in [-0.15, -0.1) is 0 Å². The van der Waals surface area contributed by atoms with Crippen molar-refractivity contribution in [3.8, 4) is 16.9 Å². The molecule has 2 aromatic carbocycles. The van der Waals surface area contributed by atoms with Crippen LogP contribution in [-0.2, 0) is 4.74 Å². The molecule has 0 bridgehead atoms. The first-order chi connectivity index (χ1) is 9.17. The zero-order chi connectivity index (χ0) is 13.8. The summed E-state index contributed by atoms with van der Waals surface area (Å²) < 4.78 is 10.1. The standard InChI is InChI=1S/C15H13ClO3/c1-18-14-12(10-6-8-11(16)9-7-10)4-3-5-13(14)15(17)19-2/h3-9H,1-2H3. The summed E-state index contributed by atoms with van der Waals surface area (Å²) in [5.41, 5.74) is 2.14. The van der Waals surface area contributed by atoms with E-state index in [0.29, 0.717) is 16.3 Å². The summed E-state index contributed by atoms with van der Waals surface area (Å²) in [7, 11) is 2.87. The van der Waals surface area contributed by atoms with E-state index >= 15 is 0 Å². The Hall–Kier alpha value is -2.00. The highest BCUT2D eigenvalue weighted by molar-refractivity contribution is 6.30. The van der Waals surface area contributed by atoms with E-state index in [0.717, 1.165) is 11.1 Å². The van der Waals surface area contributed by atoms with Crippen LogP contribution in [0.4, 0.5) is 0 Å². The van der Waals surface area contributed by atoms with Gasteiger partial charge in [-0.25, -0.2) is 4.79 Å². The number of hydrogen-bond donors (Lipinski definition) is 0. The number of halogens is 1. The molecule has 2 rings (SSSR count). The lowest BCUT2D eigenvalue weighted by Crippen LogP contribution is -2.04. The second-order valence-corrected chi connectivity index (χ2v) is 4.32. The van der Waals surface area contributed by atoms with Crippen molar-refractivity contribution in [2.45, 2.75) is 0 Å². The molecule has 0 aliphatic carbocycles. The van der Waals surface area contributed by atoms with Crippen LogP contribution in [0.1, 0.15) is 10.4 Å². The van der Waals surface area contributed by atoms with Gasteiger partial charge in [-0.05, 0) is 23.8 Å². The van der Waals surface area contributed by atoms with Gasteiger partial charge in [0, 0.05) is 10.6 Å². The second-order valence-electron chi connectivity index (χ2n) is 3.88. The third kappa shape index (κ3) is 2.71. The maximum Gasteiger partial charge on any atom is 0.341 e. The number of carbonyl (C=O) groups excluding carboxylic acids is 1. The predicted molar refractivity (Wildman–Crippen MR) is 74.8 cm³/mol. The van der Waals surface area contributed by atoms with Crippen molar-refractivity contribution in [2.75, 3.05) is 14.2 Å². The van der Waals surface area contributed by atoms with Crippen LogP contribution >= 0.6 is 11.6 Å². The fourth-order valence-corrected chi connectivity index (χ4v) is 2.01. The summed E-state index contributed by atoms with van der Waals surface area (Å²) in [5, 5.41) is 0.659. The Balaban J connectivity index is 2.57. The van der Waals surface area contributed by atoms with Crippen LogP contribution < -0.4 is 4.74 Å². The maximum atomic E-state index is 11.7. The van der Waals surface area contributed by atoms with E-state index in [1.165, 1.54) is 14.2 Å². The average molecular weight is 277 g/mol. The zero-order valence-electron chi connectivity index (χ0n) is 10.6. The molecule has 0 unspecified atom stereocenters. The molecule has 0 heterocycles. The van der Waals surface area contributed by atoms with Crippen molar-refractivity contribution in [1.29, 1.82) is 0 Å². The molecule has 0 aromatic heterocycles. The van der Waals surface area contributed by atoms with Crippen LogP contribution in [0, 0.1) is 0 Å². The van der Waals surface area contributed by atoms with E-state index in [1.54, 1.807) is 24.3 Å². The van der Waals surface area contributed by atoms with Crippen LogP contribution in [0.25, 0.3) is 11.1 Å². The first-order valence-electron chi connectivity index (χ1n) is 5.68. The minimum absolute atomic E-state index is 0.400.